The lowest BCUT2D eigenvalue weighted by atomic mass is 9.85. The van der Waals surface area contributed by atoms with Crippen molar-refractivity contribution in [2.75, 3.05) is 0 Å². The van der Waals surface area contributed by atoms with Gasteiger partial charge in [-0.25, -0.2) is 0 Å². The zero-order valence-corrected chi connectivity index (χ0v) is 7.61. The van der Waals surface area contributed by atoms with Crippen molar-refractivity contribution in [3.63, 3.8) is 0 Å². The molecule has 0 spiro atoms. The highest BCUT2D eigenvalue weighted by molar-refractivity contribution is 4.76. The quantitative estimate of drug-likeness (QED) is 0.720. The molecule has 1 rings (SSSR count). The van der Waals surface area contributed by atoms with Gasteiger partial charge in [-0.1, -0.05) is 32.1 Å². The molecule has 1 nitrogen and oxygen atoms in total. The number of rotatable bonds is 2. The van der Waals surface area contributed by atoms with Crippen molar-refractivity contribution in [2.24, 2.45) is 11.7 Å². The Kier molecular flexibility index (Phi) is 3.59. The van der Waals surface area contributed by atoms with Crippen molar-refractivity contribution in [3.8, 4) is 0 Å². The first-order valence-corrected chi connectivity index (χ1v) is 4.82. The number of hydrogen-bond donors (Lipinski definition) is 1. The van der Waals surface area contributed by atoms with Gasteiger partial charge in [0, 0.05) is 0 Å². The van der Waals surface area contributed by atoms with E-state index in [0.717, 1.165) is 32.1 Å². The van der Waals surface area contributed by atoms with E-state index in [1.807, 2.05) is 0 Å². The third-order valence-electron chi connectivity index (χ3n) is 2.73. The van der Waals surface area contributed by atoms with Crippen molar-refractivity contribution in [2.45, 2.75) is 50.7 Å². The highest BCUT2D eigenvalue weighted by atomic mass is 19.4. The topological polar surface area (TPSA) is 26.0 Å². The summed E-state index contributed by atoms with van der Waals surface area (Å²) in [6, 6.07) is -1.62. The number of halogens is 3. The van der Waals surface area contributed by atoms with Gasteiger partial charge in [-0.15, -0.1) is 0 Å². The third kappa shape index (κ3) is 3.55. The average Bonchev–Trinajstić information content (AvgIpc) is 2.04. The highest BCUT2D eigenvalue weighted by Gasteiger charge is 2.37. The van der Waals surface area contributed by atoms with Crippen LogP contribution in [0.25, 0.3) is 0 Å². The van der Waals surface area contributed by atoms with E-state index in [-0.39, 0.29) is 12.3 Å². The smallest absolute Gasteiger partial charge is 0.320 e. The lowest BCUT2D eigenvalue weighted by Gasteiger charge is -2.25. The van der Waals surface area contributed by atoms with E-state index < -0.39 is 12.2 Å². The van der Waals surface area contributed by atoms with E-state index in [1.165, 1.54) is 0 Å². The molecule has 4 heteroatoms. The summed E-state index contributed by atoms with van der Waals surface area (Å²) in [6.45, 7) is 0. The molecule has 1 aliphatic rings. The molecule has 0 aromatic rings. The molecule has 13 heavy (non-hydrogen) atoms. The first-order chi connectivity index (χ1) is 6.00. The van der Waals surface area contributed by atoms with E-state index >= 15 is 0 Å². The van der Waals surface area contributed by atoms with Gasteiger partial charge in [0.15, 0.2) is 0 Å². The van der Waals surface area contributed by atoms with Crippen molar-refractivity contribution >= 4 is 0 Å². The van der Waals surface area contributed by atoms with Crippen LogP contribution in [0.3, 0.4) is 0 Å². The Balaban J connectivity index is 2.30. The van der Waals surface area contributed by atoms with Gasteiger partial charge in [-0.2, -0.15) is 13.2 Å². The van der Waals surface area contributed by atoms with Crippen molar-refractivity contribution in [3.05, 3.63) is 0 Å². The fourth-order valence-electron chi connectivity index (χ4n) is 1.92. The number of hydrogen-bond acceptors (Lipinski definition) is 1. The molecule has 78 valence electrons. The number of nitrogens with two attached hydrogens (primary N) is 1. The Morgan fingerprint density at radius 2 is 1.69 bits per heavy atom. The van der Waals surface area contributed by atoms with E-state index in [4.69, 9.17) is 5.73 Å². The zero-order chi connectivity index (χ0) is 9.90. The summed E-state index contributed by atoms with van der Waals surface area (Å²) in [6.07, 6.45) is 1.04. The van der Waals surface area contributed by atoms with Crippen LogP contribution in [-0.2, 0) is 0 Å². The van der Waals surface area contributed by atoms with Crippen molar-refractivity contribution in [1.29, 1.82) is 0 Å². The first-order valence-electron chi connectivity index (χ1n) is 4.82. The van der Waals surface area contributed by atoms with Crippen LogP contribution in [0, 0.1) is 5.92 Å². The van der Waals surface area contributed by atoms with E-state index in [1.54, 1.807) is 0 Å². The zero-order valence-electron chi connectivity index (χ0n) is 7.61. The van der Waals surface area contributed by atoms with Gasteiger partial charge in [0.25, 0.3) is 0 Å². The maximum Gasteiger partial charge on any atom is 0.403 e. The Morgan fingerprint density at radius 3 is 2.15 bits per heavy atom. The van der Waals surface area contributed by atoms with E-state index in [0.29, 0.717) is 0 Å². The monoisotopic (exact) mass is 195 g/mol. The van der Waals surface area contributed by atoms with E-state index in [2.05, 4.69) is 0 Å². The minimum atomic E-state index is -4.21. The maximum absolute atomic E-state index is 12.1. The van der Waals surface area contributed by atoms with Gasteiger partial charge in [0.05, 0.1) is 0 Å². The molecule has 0 heterocycles. The Hall–Kier alpha value is -0.250. The summed E-state index contributed by atoms with van der Waals surface area (Å²) in [7, 11) is 0. The fraction of sp³-hybridized carbons (Fsp3) is 1.00. The minimum Gasteiger partial charge on any atom is -0.320 e. The van der Waals surface area contributed by atoms with Crippen LogP contribution in [0.1, 0.15) is 38.5 Å². The summed E-state index contributed by atoms with van der Waals surface area (Å²) in [5.74, 6) is 0.199. The molecule has 0 aromatic carbocycles. The van der Waals surface area contributed by atoms with Gasteiger partial charge in [0.2, 0.25) is 0 Å². The molecule has 1 saturated carbocycles. The Morgan fingerprint density at radius 1 is 1.15 bits per heavy atom. The molecule has 1 atom stereocenters. The number of alkyl halides is 3. The normalized spacial score (nSPS) is 23.1. The molecule has 2 N–H and O–H groups in total. The van der Waals surface area contributed by atoms with Crippen molar-refractivity contribution in [1.82, 2.24) is 0 Å². The second-order valence-corrected chi connectivity index (χ2v) is 3.89. The van der Waals surface area contributed by atoms with E-state index in [9.17, 15) is 13.2 Å². The maximum atomic E-state index is 12.1. The van der Waals surface area contributed by atoms with Crippen LogP contribution in [0.5, 0.6) is 0 Å². The molecule has 0 radical (unpaired) electrons. The molecule has 0 aromatic heterocycles. The molecule has 0 amide bonds. The van der Waals surface area contributed by atoms with Gasteiger partial charge in [-0.3, -0.25) is 0 Å². The van der Waals surface area contributed by atoms with Gasteiger partial charge in [0.1, 0.15) is 6.04 Å². The predicted molar refractivity (Wildman–Crippen MR) is 45.2 cm³/mol. The second-order valence-electron chi connectivity index (χ2n) is 3.89. The summed E-state index contributed by atoms with van der Waals surface area (Å²) in [5, 5.41) is 0. The molecular formula is C9H16F3N. The molecule has 0 unspecified atom stereocenters. The lowest BCUT2D eigenvalue weighted by molar-refractivity contribution is -0.151. The van der Waals surface area contributed by atoms with Crippen LogP contribution in [0.15, 0.2) is 0 Å². The van der Waals surface area contributed by atoms with Crippen LogP contribution in [0.2, 0.25) is 0 Å². The van der Waals surface area contributed by atoms with Crippen molar-refractivity contribution < 1.29 is 13.2 Å². The van der Waals surface area contributed by atoms with Crippen LogP contribution < -0.4 is 5.73 Å². The predicted octanol–water partition coefficient (Wildman–Crippen LogP) is 2.85. The Bertz CT molecular complexity index is 149. The minimum absolute atomic E-state index is 0.115. The molecule has 1 fully saturated rings. The first kappa shape index (κ1) is 10.8. The van der Waals surface area contributed by atoms with Crippen LogP contribution >= 0.6 is 0 Å². The van der Waals surface area contributed by atoms with Gasteiger partial charge < -0.3 is 5.73 Å². The highest BCUT2D eigenvalue weighted by Crippen LogP contribution is 2.31. The largest absolute Gasteiger partial charge is 0.403 e. The van der Waals surface area contributed by atoms with Gasteiger partial charge >= 0.3 is 6.18 Å². The summed E-state index contributed by atoms with van der Waals surface area (Å²) < 4.78 is 36.2. The fourth-order valence-corrected chi connectivity index (χ4v) is 1.92. The molecule has 1 aliphatic carbocycles. The molecule has 0 saturated heterocycles. The standard InChI is InChI=1S/C9H16F3N/c10-9(11,12)8(13)6-7-4-2-1-3-5-7/h7-8H,1-6,13H2/t8-/m1/s1. The molecule has 0 aliphatic heterocycles. The second kappa shape index (κ2) is 4.31. The third-order valence-corrected chi connectivity index (χ3v) is 2.73. The van der Waals surface area contributed by atoms with Crippen LogP contribution in [-0.4, -0.2) is 12.2 Å². The Labute approximate surface area is 76.5 Å². The SMILES string of the molecule is N[C@H](CC1CCCCC1)C(F)(F)F. The molecular weight excluding hydrogens is 179 g/mol. The summed E-state index contributed by atoms with van der Waals surface area (Å²) in [5.41, 5.74) is 5.06. The average molecular weight is 195 g/mol. The lowest BCUT2D eigenvalue weighted by Crippen LogP contribution is -2.39. The summed E-state index contributed by atoms with van der Waals surface area (Å²) in [4.78, 5) is 0. The van der Waals surface area contributed by atoms with Gasteiger partial charge in [-0.05, 0) is 12.3 Å². The molecule has 0 bridgehead atoms. The summed E-state index contributed by atoms with van der Waals surface area (Å²) >= 11 is 0. The van der Waals surface area contributed by atoms with Crippen LogP contribution in [0.4, 0.5) is 13.2 Å².